The van der Waals surface area contributed by atoms with Gasteiger partial charge in [-0.15, -0.1) is 0 Å². The first-order chi connectivity index (χ1) is 7.52. The van der Waals surface area contributed by atoms with Crippen LogP contribution in [-0.2, 0) is 0 Å². The number of nitrogens with one attached hydrogen (secondary N) is 1. The SMILES string of the molecule is CCNc1cc(N(C)CC(F)F)nc(C)n1. The third kappa shape index (κ3) is 3.60. The highest BCUT2D eigenvalue weighted by molar-refractivity contribution is 5.48. The molecule has 0 radical (unpaired) electrons. The number of halogens is 2. The van der Waals surface area contributed by atoms with E-state index in [0.717, 1.165) is 6.54 Å². The molecule has 0 aliphatic heterocycles. The average Bonchev–Trinajstić information content (AvgIpc) is 2.16. The number of alkyl halides is 2. The van der Waals surface area contributed by atoms with Gasteiger partial charge < -0.3 is 10.2 Å². The number of aromatic nitrogens is 2. The number of hydrogen-bond acceptors (Lipinski definition) is 4. The molecule has 0 saturated heterocycles. The predicted molar refractivity (Wildman–Crippen MR) is 60.2 cm³/mol. The van der Waals surface area contributed by atoms with Crippen LogP contribution in [0.4, 0.5) is 20.4 Å². The zero-order valence-corrected chi connectivity index (χ0v) is 9.67. The van der Waals surface area contributed by atoms with E-state index in [1.807, 2.05) is 6.92 Å². The van der Waals surface area contributed by atoms with Crippen LogP contribution in [0.3, 0.4) is 0 Å². The van der Waals surface area contributed by atoms with Crippen LogP contribution in [0.5, 0.6) is 0 Å². The first kappa shape index (κ1) is 12.6. The quantitative estimate of drug-likeness (QED) is 0.839. The number of nitrogens with zero attached hydrogens (tertiary/aromatic N) is 3. The van der Waals surface area contributed by atoms with Gasteiger partial charge in [-0.25, -0.2) is 18.7 Å². The second kappa shape index (κ2) is 5.58. The molecular formula is C10H16F2N4. The molecule has 0 aromatic carbocycles. The molecule has 0 bridgehead atoms. The van der Waals surface area contributed by atoms with Crippen LogP contribution in [-0.4, -0.2) is 36.5 Å². The Morgan fingerprint density at radius 3 is 2.69 bits per heavy atom. The van der Waals surface area contributed by atoms with Crippen LogP contribution >= 0.6 is 0 Å². The Morgan fingerprint density at radius 2 is 2.12 bits per heavy atom. The van der Waals surface area contributed by atoms with Gasteiger partial charge in [-0.2, -0.15) is 0 Å². The van der Waals surface area contributed by atoms with Crippen molar-refractivity contribution in [1.29, 1.82) is 0 Å². The zero-order valence-electron chi connectivity index (χ0n) is 9.67. The highest BCUT2D eigenvalue weighted by atomic mass is 19.3. The van der Waals surface area contributed by atoms with Crippen molar-refractivity contribution in [3.63, 3.8) is 0 Å². The lowest BCUT2D eigenvalue weighted by atomic mass is 10.4. The molecule has 0 aliphatic carbocycles. The molecule has 0 atom stereocenters. The van der Waals surface area contributed by atoms with Gasteiger partial charge in [-0.3, -0.25) is 0 Å². The molecule has 1 heterocycles. The first-order valence-electron chi connectivity index (χ1n) is 5.11. The number of aryl methyl sites for hydroxylation is 1. The van der Waals surface area contributed by atoms with Gasteiger partial charge in [0.05, 0.1) is 6.54 Å². The number of anilines is 2. The standard InChI is InChI=1S/C10H16F2N4/c1-4-13-9-5-10(15-7(2)14-9)16(3)6-8(11)12/h5,8H,4,6H2,1-3H3,(H,13,14,15). The van der Waals surface area contributed by atoms with E-state index >= 15 is 0 Å². The van der Waals surface area contributed by atoms with Crippen molar-refractivity contribution in [1.82, 2.24) is 9.97 Å². The van der Waals surface area contributed by atoms with E-state index < -0.39 is 6.43 Å². The predicted octanol–water partition coefficient (Wildman–Crippen LogP) is 1.92. The summed E-state index contributed by atoms with van der Waals surface area (Å²) >= 11 is 0. The van der Waals surface area contributed by atoms with E-state index in [4.69, 9.17) is 0 Å². The van der Waals surface area contributed by atoms with E-state index in [1.54, 1.807) is 20.0 Å². The van der Waals surface area contributed by atoms with Gasteiger partial charge in [0.25, 0.3) is 6.43 Å². The summed E-state index contributed by atoms with van der Waals surface area (Å²) in [5.74, 6) is 1.73. The molecule has 6 heteroatoms. The summed E-state index contributed by atoms with van der Waals surface area (Å²) in [6.45, 7) is 4.08. The average molecular weight is 230 g/mol. The molecule has 90 valence electrons. The van der Waals surface area contributed by atoms with E-state index in [-0.39, 0.29) is 6.54 Å². The van der Waals surface area contributed by atoms with Gasteiger partial charge >= 0.3 is 0 Å². The smallest absolute Gasteiger partial charge is 0.255 e. The zero-order chi connectivity index (χ0) is 12.1. The van der Waals surface area contributed by atoms with Gasteiger partial charge in [0.1, 0.15) is 17.5 Å². The highest BCUT2D eigenvalue weighted by Crippen LogP contribution is 2.15. The van der Waals surface area contributed by atoms with Crippen molar-refractivity contribution in [3.05, 3.63) is 11.9 Å². The Morgan fingerprint density at radius 1 is 1.44 bits per heavy atom. The van der Waals surface area contributed by atoms with Crippen molar-refractivity contribution in [3.8, 4) is 0 Å². The van der Waals surface area contributed by atoms with Crippen LogP contribution in [0.15, 0.2) is 6.07 Å². The molecule has 0 amide bonds. The maximum Gasteiger partial charge on any atom is 0.255 e. The summed E-state index contributed by atoms with van der Waals surface area (Å²) in [5, 5.41) is 3.03. The molecule has 0 spiro atoms. The fourth-order valence-corrected chi connectivity index (χ4v) is 1.32. The first-order valence-corrected chi connectivity index (χ1v) is 5.11. The molecule has 0 saturated carbocycles. The summed E-state index contributed by atoms with van der Waals surface area (Å²) in [5.41, 5.74) is 0. The molecule has 1 rings (SSSR count). The van der Waals surface area contributed by atoms with Gasteiger partial charge in [0, 0.05) is 19.7 Å². The minimum Gasteiger partial charge on any atom is -0.370 e. The topological polar surface area (TPSA) is 41.0 Å². The molecule has 0 fully saturated rings. The normalized spacial score (nSPS) is 10.6. The molecule has 16 heavy (non-hydrogen) atoms. The molecule has 0 aliphatic rings. The highest BCUT2D eigenvalue weighted by Gasteiger charge is 2.11. The van der Waals surface area contributed by atoms with E-state index in [1.165, 1.54) is 4.90 Å². The number of hydrogen-bond donors (Lipinski definition) is 1. The van der Waals surface area contributed by atoms with E-state index in [2.05, 4.69) is 15.3 Å². The Balaban J connectivity index is 2.86. The number of rotatable bonds is 5. The fourth-order valence-electron chi connectivity index (χ4n) is 1.32. The fraction of sp³-hybridized carbons (Fsp3) is 0.600. The van der Waals surface area contributed by atoms with Gasteiger partial charge in [-0.05, 0) is 13.8 Å². The summed E-state index contributed by atoms with van der Waals surface area (Å²) < 4.78 is 24.4. The second-order valence-electron chi connectivity index (χ2n) is 3.46. The van der Waals surface area contributed by atoms with Crippen molar-refractivity contribution in [2.24, 2.45) is 0 Å². The molecule has 0 unspecified atom stereocenters. The van der Waals surface area contributed by atoms with E-state index in [0.29, 0.717) is 17.5 Å². The minimum atomic E-state index is -2.37. The second-order valence-corrected chi connectivity index (χ2v) is 3.46. The van der Waals surface area contributed by atoms with Crippen LogP contribution < -0.4 is 10.2 Å². The maximum atomic E-state index is 12.2. The molecule has 4 nitrogen and oxygen atoms in total. The lowest BCUT2D eigenvalue weighted by molar-refractivity contribution is 0.156. The lowest BCUT2D eigenvalue weighted by Crippen LogP contribution is -2.25. The van der Waals surface area contributed by atoms with Gasteiger partial charge in [0.2, 0.25) is 0 Å². The minimum absolute atomic E-state index is 0.331. The van der Waals surface area contributed by atoms with Crippen LogP contribution in [0, 0.1) is 6.92 Å². The largest absolute Gasteiger partial charge is 0.370 e. The van der Waals surface area contributed by atoms with Crippen molar-refractivity contribution in [2.45, 2.75) is 20.3 Å². The van der Waals surface area contributed by atoms with Crippen molar-refractivity contribution < 1.29 is 8.78 Å². The van der Waals surface area contributed by atoms with Crippen LogP contribution in [0.2, 0.25) is 0 Å². The molecular weight excluding hydrogens is 214 g/mol. The van der Waals surface area contributed by atoms with Crippen LogP contribution in [0.25, 0.3) is 0 Å². The van der Waals surface area contributed by atoms with E-state index in [9.17, 15) is 8.78 Å². The summed E-state index contributed by atoms with van der Waals surface area (Å²) in [7, 11) is 1.59. The summed E-state index contributed by atoms with van der Waals surface area (Å²) in [4.78, 5) is 9.68. The Bertz CT molecular complexity index is 344. The molecule has 1 aromatic rings. The third-order valence-electron chi connectivity index (χ3n) is 1.99. The summed E-state index contributed by atoms with van der Waals surface area (Å²) in [6, 6.07) is 1.67. The van der Waals surface area contributed by atoms with Gasteiger partial charge in [-0.1, -0.05) is 0 Å². The van der Waals surface area contributed by atoms with Crippen LogP contribution in [0.1, 0.15) is 12.7 Å². The Labute approximate surface area is 93.7 Å². The third-order valence-corrected chi connectivity index (χ3v) is 1.99. The Kier molecular flexibility index (Phi) is 4.39. The van der Waals surface area contributed by atoms with Crippen molar-refractivity contribution >= 4 is 11.6 Å². The molecule has 1 aromatic heterocycles. The van der Waals surface area contributed by atoms with Gasteiger partial charge in [0.15, 0.2) is 0 Å². The summed E-state index contributed by atoms with van der Waals surface area (Å²) in [6.07, 6.45) is -2.37. The maximum absolute atomic E-state index is 12.2. The Hall–Kier alpha value is -1.46. The molecule has 1 N–H and O–H groups in total. The monoisotopic (exact) mass is 230 g/mol. The lowest BCUT2D eigenvalue weighted by Gasteiger charge is -2.18. The van der Waals surface area contributed by atoms with Crippen molar-refractivity contribution in [2.75, 3.05) is 30.4 Å².